The van der Waals surface area contributed by atoms with Gasteiger partial charge >= 0.3 is 18.1 Å². The van der Waals surface area contributed by atoms with Gasteiger partial charge in [0.2, 0.25) is 0 Å². The lowest BCUT2D eigenvalue weighted by molar-refractivity contribution is -0.362. The summed E-state index contributed by atoms with van der Waals surface area (Å²) < 4.78 is 76.2. The van der Waals surface area contributed by atoms with Gasteiger partial charge in [0.05, 0.1) is 6.61 Å². The van der Waals surface area contributed by atoms with Gasteiger partial charge < -0.3 is 14.9 Å². The monoisotopic (exact) mass is 554 g/mol. The van der Waals surface area contributed by atoms with Crippen molar-refractivity contribution < 1.29 is 46.5 Å². The maximum absolute atomic E-state index is 15.0. The van der Waals surface area contributed by atoms with Crippen LogP contribution < -0.4 is 0 Å². The third-order valence-electron chi connectivity index (χ3n) is 9.64. The minimum atomic E-state index is -5.89. The summed E-state index contributed by atoms with van der Waals surface area (Å²) in [6, 6.07) is 6.97. The number of hydrogen-bond donors (Lipinski definition) is 2. The first kappa shape index (κ1) is 28.0. The number of benzene rings is 1. The number of ether oxygens (including phenoxy) is 1. The summed E-state index contributed by atoms with van der Waals surface area (Å²) in [6.07, 6.45) is -3.05. The van der Waals surface area contributed by atoms with E-state index in [4.69, 9.17) is 9.84 Å². The second-order valence-corrected chi connectivity index (χ2v) is 11.6. The fraction of sp³-hybridized carbons (Fsp3) is 0.586. The van der Waals surface area contributed by atoms with E-state index in [2.05, 4.69) is 0 Å². The average Bonchev–Trinajstić information content (AvgIpc) is 3.14. The molecule has 212 valence electrons. The SMILES string of the molecule is C[C@]12C[C@H](c3ccc(COCC(=O)O)cc3)C3=C4CCC(=O)C=C4CCC3C1CC[C@@]2(O)C(F)(F)C(F)(F)F. The largest absolute Gasteiger partial charge is 0.480 e. The number of carboxylic acids is 1. The van der Waals surface area contributed by atoms with Crippen LogP contribution in [-0.4, -0.2) is 46.3 Å². The van der Waals surface area contributed by atoms with E-state index in [0.29, 0.717) is 36.8 Å². The number of hydrogen-bond acceptors (Lipinski definition) is 4. The number of alkyl halides is 5. The Balaban J connectivity index is 1.59. The molecule has 0 aliphatic heterocycles. The van der Waals surface area contributed by atoms with Crippen LogP contribution in [0.25, 0.3) is 0 Å². The third kappa shape index (κ3) is 4.34. The molecule has 0 bridgehead atoms. The van der Waals surface area contributed by atoms with Crippen molar-refractivity contribution in [2.45, 2.75) is 82.1 Å². The Labute approximate surface area is 222 Å². The predicted molar refractivity (Wildman–Crippen MR) is 130 cm³/mol. The fourth-order valence-electron chi connectivity index (χ4n) is 7.82. The molecule has 0 heterocycles. The Morgan fingerprint density at radius 2 is 1.77 bits per heavy atom. The number of allylic oxidation sites excluding steroid dienone is 4. The van der Waals surface area contributed by atoms with Gasteiger partial charge in [0.1, 0.15) is 12.2 Å². The number of aliphatic hydroxyl groups is 1. The van der Waals surface area contributed by atoms with Gasteiger partial charge in [-0.25, -0.2) is 4.79 Å². The fourth-order valence-corrected chi connectivity index (χ4v) is 7.82. The van der Waals surface area contributed by atoms with E-state index in [1.807, 2.05) is 0 Å². The highest BCUT2D eigenvalue weighted by atomic mass is 19.4. The standard InChI is InChI=1S/C29H31F5O5/c1-26-13-22(17-4-2-16(3-5-17)14-39-15-24(36)37)25-20-9-7-19(35)12-18(20)6-8-21(25)23(26)10-11-27(26,38)28(30,31)29(32,33)34/h2-5,12,21-23,38H,6-11,13-15H2,1H3,(H,36,37)/t21?,22-,23?,26+,27+/m1/s1. The molecule has 0 spiro atoms. The van der Waals surface area contributed by atoms with Crippen molar-refractivity contribution in [1.29, 1.82) is 0 Å². The molecule has 10 heteroatoms. The van der Waals surface area contributed by atoms with E-state index in [1.165, 1.54) is 6.92 Å². The molecule has 1 aromatic carbocycles. The van der Waals surface area contributed by atoms with Crippen molar-refractivity contribution in [1.82, 2.24) is 0 Å². The summed E-state index contributed by atoms with van der Waals surface area (Å²) in [5.74, 6) is -7.73. The quantitative estimate of drug-likeness (QED) is 0.415. The van der Waals surface area contributed by atoms with Gasteiger partial charge in [-0.1, -0.05) is 36.8 Å². The molecule has 5 nitrogen and oxygen atoms in total. The summed E-state index contributed by atoms with van der Waals surface area (Å²) in [4.78, 5) is 22.9. The van der Waals surface area contributed by atoms with Crippen LogP contribution in [0, 0.1) is 17.3 Å². The number of halogens is 5. The van der Waals surface area contributed by atoms with E-state index in [1.54, 1.807) is 30.3 Å². The Kier molecular flexibility index (Phi) is 6.81. The zero-order valence-corrected chi connectivity index (χ0v) is 21.5. The maximum atomic E-state index is 15.0. The smallest absolute Gasteiger partial charge is 0.456 e. The number of carbonyl (C=O) groups is 2. The Hall–Kier alpha value is -2.59. The summed E-state index contributed by atoms with van der Waals surface area (Å²) in [7, 11) is 0. The van der Waals surface area contributed by atoms with Crippen LogP contribution in [-0.2, 0) is 20.9 Å². The van der Waals surface area contributed by atoms with Crippen LogP contribution in [0.15, 0.2) is 47.1 Å². The molecular formula is C29H31F5O5. The number of rotatable bonds is 6. The minimum absolute atomic E-state index is 0.0239. The molecule has 2 N–H and O–H groups in total. The number of fused-ring (bicyclic) bond motifs is 4. The van der Waals surface area contributed by atoms with E-state index >= 15 is 8.78 Å². The van der Waals surface area contributed by atoms with E-state index in [9.17, 15) is 27.9 Å². The highest BCUT2D eigenvalue weighted by Crippen LogP contribution is 2.70. The van der Waals surface area contributed by atoms with Crippen LogP contribution in [0.1, 0.15) is 68.9 Å². The molecule has 2 unspecified atom stereocenters. The summed E-state index contributed by atoms with van der Waals surface area (Å²) in [5.41, 5.74) is -0.643. The predicted octanol–water partition coefficient (Wildman–Crippen LogP) is 6.12. The highest BCUT2D eigenvalue weighted by Gasteiger charge is 2.79. The van der Waals surface area contributed by atoms with Crippen LogP contribution in [0.5, 0.6) is 0 Å². The van der Waals surface area contributed by atoms with Crippen LogP contribution >= 0.6 is 0 Å². The number of carbonyl (C=O) groups excluding carboxylic acids is 1. The molecule has 0 aromatic heterocycles. The lowest BCUT2D eigenvalue weighted by Crippen LogP contribution is -2.65. The molecule has 0 amide bonds. The molecule has 4 aliphatic carbocycles. The molecule has 2 fully saturated rings. The van der Waals surface area contributed by atoms with Gasteiger partial charge in [-0.05, 0) is 78.7 Å². The number of carboxylic acid groups (broad SMARTS) is 1. The second-order valence-electron chi connectivity index (χ2n) is 11.6. The van der Waals surface area contributed by atoms with Gasteiger partial charge in [-0.3, -0.25) is 4.79 Å². The molecule has 39 heavy (non-hydrogen) atoms. The Bertz CT molecular complexity index is 1230. The molecule has 1 aromatic rings. The molecule has 4 aliphatic rings. The topological polar surface area (TPSA) is 83.8 Å². The molecule has 0 radical (unpaired) electrons. The zero-order chi connectivity index (χ0) is 28.4. The maximum Gasteiger partial charge on any atom is 0.456 e. The van der Waals surface area contributed by atoms with Crippen LogP contribution in [0.2, 0.25) is 0 Å². The second kappa shape index (κ2) is 9.51. The number of ketones is 1. The van der Waals surface area contributed by atoms with Crippen molar-refractivity contribution in [3.63, 3.8) is 0 Å². The minimum Gasteiger partial charge on any atom is -0.480 e. The Morgan fingerprint density at radius 3 is 2.41 bits per heavy atom. The first-order chi connectivity index (χ1) is 18.2. The summed E-state index contributed by atoms with van der Waals surface area (Å²) in [5, 5.41) is 20.1. The van der Waals surface area contributed by atoms with Gasteiger partial charge in [0.25, 0.3) is 0 Å². The third-order valence-corrected chi connectivity index (χ3v) is 9.64. The van der Waals surface area contributed by atoms with E-state index in [-0.39, 0.29) is 31.1 Å². The van der Waals surface area contributed by atoms with Crippen LogP contribution in [0.4, 0.5) is 22.0 Å². The molecule has 2 saturated carbocycles. The molecule has 5 atom stereocenters. The molecule has 5 rings (SSSR count). The number of aliphatic carboxylic acids is 1. The van der Waals surface area contributed by atoms with E-state index in [0.717, 1.165) is 16.7 Å². The van der Waals surface area contributed by atoms with Crippen molar-refractivity contribution in [3.05, 3.63) is 58.2 Å². The van der Waals surface area contributed by atoms with Crippen molar-refractivity contribution >= 4 is 11.8 Å². The van der Waals surface area contributed by atoms with Crippen molar-refractivity contribution in [2.75, 3.05) is 6.61 Å². The first-order valence-electron chi connectivity index (χ1n) is 13.2. The van der Waals surface area contributed by atoms with Crippen LogP contribution in [0.3, 0.4) is 0 Å². The van der Waals surface area contributed by atoms with Gasteiger partial charge in [0, 0.05) is 17.8 Å². The van der Waals surface area contributed by atoms with Gasteiger partial charge in [-0.2, -0.15) is 22.0 Å². The van der Waals surface area contributed by atoms with E-state index < -0.39 is 53.9 Å². The Morgan fingerprint density at radius 1 is 1.08 bits per heavy atom. The van der Waals surface area contributed by atoms with Crippen molar-refractivity contribution in [3.8, 4) is 0 Å². The van der Waals surface area contributed by atoms with Gasteiger partial charge in [0.15, 0.2) is 5.78 Å². The average molecular weight is 555 g/mol. The first-order valence-corrected chi connectivity index (χ1v) is 13.2. The van der Waals surface area contributed by atoms with Crippen molar-refractivity contribution in [2.24, 2.45) is 17.3 Å². The lowest BCUT2D eigenvalue weighted by Gasteiger charge is -2.56. The molecular weight excluding hydrogens is 523 g/mol. The lowest BCUT2D eigenvalue weighted by atomic mass is 9.50. The summed E-state index contributed by atoms with van der Waals surface area (Å²) in [6.45, 7) is 0.963. The molecule has 0 saturated heterocycles. The highest BCUT2D eigenvalue weighted by molar-refractivity contribution is 5.93. The normalized spacial score (nSPS) is 32.8. The summed E-state index contributed by atoms with van der Waals surface area (Å²) >= 11 is 0. The van der Waals surface area contributed by atoms with Gasteiger partial charge in [-0.15, -0.1) is 0 Å². The zero-order valence-electron chi connectivity index (χ0n) is 21.5.